The molecule has 2 aromatic rings. The molecule has 1 aromatic heterocycles. The van der Waals surface area contributed by atoms with Crippen LogP contribution in [-0.2, 0) is 6.61 Å². The molecule has 1 heterocycles. The molecule has 0 unspecified atom stereocenters. The molecule has 3 nitrogen and oxygen atoms in total. The zero-order valence-corrected chi connectivity index (χ0v) is 8.56. The first-order valence-corrected chi connectivity index (χ1v) is 4.83. The monoisotopic (exact) mass is 218 g/mol. The van der Waals surface area contributed by atoms with Gasteiger partial charge in [0, 0.05) is 11.8 Å². The fraction of sp³-hybridized carbons (Fsp3) is 0.0833. The van der Waals surface area contributed by atoms with Crippen molar-refractivity contribution in [2.75, 3.05) is 5.73 Å². The van der Waals surface area contributed by atoms with E-state index in [1.165, 1.54) is 6.07 Å². The number of nitrogens with two attached hydrogens (primary N) is 1. The maximum Gasteiger partial charge on any atom is 0.165 e. The van der Waals surface area contributed by atoms with Crippen LogP contribution in [0.3, 0.4) is 0 Å². The molecule has 0 fully saturated rings. The maximum atomic E-state index is 13.2. The smallest absolute Gasteiger partial charge is 0.165 e. The summed E-state index contributed by atoms with van der Waals surface area (Å²) < 4.78 is 18.5. The van der Waals surface area contributed by atoms with E-state index in [0.29, 0.717) is 5.82 Å². The number of benzene rings is 1. The molecule has 82 valence electrons. The predicted molar refractivity (Wildman–Crippen MR) is 59.4 cm³/mol. The minimum absolute atomic E-state index is 0.235. The molecule has 2 N–H and O–H groups in total. The van der Waals surface area contributed by atoms with Gasteiger partial charge in [0.05, 0.1) is 0 Å². The molecule has 0 amide bonds. The van der Waals surface area contributed by atoms with Gasteiger partial charge in [-0.1, -0.05) is 18.2 Å². The van der Waals surface area contributed by atoms with Gasteiger partial charge in [0.1, 0.15) is 12.4 Å². The Morgan fingerprint density at radius 1 is 1.19 bits per heavy atom. The first-order chi connectivity index (χ1) is 7.75. The van der Waals surface area contributed by atoms with Gasteiger partial charge >= 0.3 is 0 Å². The third-order valence-electron chi connectivity index (χ3n) is 2.08. The number of aromatic nitrogens is 1. The topological polar surface area (TPSA) is 48.1 Å². The van der Waals surface area contributed by atoms with Crippen LogP contribution in [0.4, 0.5) is 10.2 Å². The van der Waals surface area contributed by atoms with Crippen LogP contribution in [-0.4, -0.2) is 4.98 Å². The number of hydrogen-bond acceptors (Lipinski definition) is 3. The Balaban J connectivity index is 2.02. The van der Waals surface area contributed by atoms with Crippen LogP contribution in [0, 0.1) is 5.82 Å². The van der Waals surface area contributed by atoms with Crippen LogP contribution in [0.25, 0.3) is 0 Å². The van der Waals surface area contributed by atoms with E-state index < -0.39 is 0 Å². The van der Waals surface area contributed by atoms with Crippen LogP contribution in [0.2, 0.25) is 0 Å². The highest BCUT2D eigenvalue weighted by Crippen LogP contribution is 2.16. The number of hydrogen-bond donors (Lipinski definition) is 1. The van der Waals surface area contributed by atoms with Gasteiger partial charge < -0.3 is 10.5 Å². The molecule has 0 radical (unpaired) electrons. The molecule has 1 aromatic carbocycles. The molecular weight excluding hydrogens is 207 g/mol. The van der Waals surface area contributed by atoms with E-state index in [0.717, 1.165) is 5.56 Å². The number of ether oxygens (including phenoxy) is 1. The molecular formula is C12H11FN2O. The van der Waals surface area contributed by atoms with Gasteiger partial charge in [-0.2, -0.15) is 0 Å². The van der Waals surface area contributed by atoms with Gasteiger partial charge in [-0.15, -0.1) is 0 Å². The Morgan fingerprint density at radius 2 is 2.00 bits per heavy atom. The lowest BCUT2D eigenvalue weighted by Crippen LogP contribution is -1.98. The van der Waals surface area contributed by atoms with Crippen molar-refractivity contribution in [3.8, 4) is 5.75 Å². The van der Waals surface area contributed by atoms with Crippen LogP contribution in [0.1, 0.15) is 5.56 Å². The molecule has 0 saturated carbocycles. The number of halogens is 1. The number of anilines is 1. The van der Waals surface area contributed by atoms with Crippen molar-refractivity contribution in [2.45, 2.75) is 6.61 Å². The fourth-order valence-corrected chi connectivity index (χ4v) is 1.24. The van der Waals surface area contributed by atoms with Crippen molar-refractivity contribution in [2.24, 2.45) is 0 Å². The Morgan fingerprint density at radius 3 is 2.69 bits per heavy atom. The normalized spacial score (nSPS) is 10.1. The highest BCUT2D eigenvalue weighted by Gasteiger charge is 2.01. The second-order valence-electron chi connectivity index (χ2n) is 3.31. The van der Waals surface area contributed by atoms with E-state index in [2.05, 4.69) is 4.98 Å². The predicted octanol–water partition coefficient (Wildman–Crippen LogP) is 2.38. The van der Waals surface area contributed by atoms with Gasteiger partial charge in [-0.05, 0) is 18.2 Å². The Kier molecular flexibility index (Phi) is 3.00. The fourth-order valence-electron chi connectivity index (χ4n) is 1.24. The van der Waals surface area contributed by atoms with Crippen LogP contribution in [0.5, 0.6) is 5.75 Å². The average Bonchev–Trinajstić information content (AvgIpc) is 2.30. The number of rotatable bonds is 3. The molecule has 16 heavy (non-hydrogen) atoms. The summed E-state index contributed by atoms with van der Waals surface area (Å²) >= 11 is 0. The van der Waals surface area contributed by atoms with Crippen LogP contribution in [0.15, 0.2) is 42.6 Å². The zero-order valence-electron chi connectivity index (χ0n) is 8.56. The van der Waals surface area contributed by atoms with E-state index in [4.69, 9.17) is 10.5 Å². The zero-order chi connectivity index (χ0) is 11.4. The van der Waals surface area contributed by atoms with Crippen molar-refractivity contribution >= 4 is 5.82 Å². The standard InChI is InChI=1S/C12H11FN2O/c13-10-3-1-2-4-11(10)16-8-9-5-6-12(14)15-7-9/h1-7H,8H2,(H2,14,15). The number of pyridine rings is 1. The van der Waals surface area contributed by atoms with Crippen LogP contribution < -0.4 is 10.5 Å². The van der Waals surface area contributed by atoms with E-state index in [-0.39, 0.29) is 18.2 Å². The van der Waals surface area contributed by atoms with Crippen molar-refractivity contribution in [1.82, 2.24) is 4.98 Å². The second kappa shape index (κ2) is 4.61. The van der Waals surface area contributed by atoms with Gasteiger partial charge in [0.2, 0.25) is 0 Å². The molecule has 0 atom stereocenters. The molecule has 0 bridgehead atoms. The minimum atomic E-state index is -0.370. The summed E-state index contributed by atoms with van der Waals surface area (Å²) in [4.78, 5) is 3.92. The molecule has 0 saturated heterocycles. The van der Waals surface area contributed by atoms with E-state index in [9.17, 15) is 4.39 Å². The highest BCUT2D eigenvalue weighted by molar-refractivity contribution is 5.29. The lowest BCUT2D eigenvalue weighted by molar-refractivity contribution is 0.290. The summed E-state index contributed by atoms with van der Waals surface area (Å²) in [5, 5.41) is 0. The van der Waals surface area contributed by atoms with Gasteiger partial charge in [-0.25, -0.2) is 9.37 Å². The van der Waals surface area contributed by atoms with E-state index in [1.807, 2.05) is 0 Å². The van der Waals surface area contributed by atoms with Gasteiger partial charge in [-0.3, -0.25) is 0 Å². The molecule has 0 aliphatic rings. The maximum absolute atomic E-state index is 13.2. The van der Waals surface area contributed by atoms with Crippen molar-refractivity contribution < 1.29 is 9.13 Å². The average molecular weight is 218 g/mol. The Hall–Kier alpha value is -2.10. The van der Waals surface area contributed by atoms with E-state index in [1.54, 1.807) is 36.5 Å². The second-order valence-corrected chi connectivity index (χ2v) is 3.31. The molecule has 2 rings (SSSR count). The minimum Gasteiger partial charge on any atom is -0.486 e. The quantitative estimate of drug-likeness (QED) is 0.860. The van der Waals surface area contributed by atoms with Crippen molar-refractivity contribution in [1.29, 1.82) is 0 Å². The summed E-state index contributed by atoms with van der Waals surface area (Å²) in [6.45, 7) is 0.272. The number of nitrogens with zero attached hydrogens (tertiary/aromatic N) is 1. The molecule has 0 spiro atoms. The number of para-hydroxylation sites is 1. The summed E-state index contributed by atoms with van der Waals surface area (Å²) in [6, 6.07) is 9.76. The summed E-state index contributed by atoms with van der Waals surface area (Å²) in [5.41, 5.74) is 6.29. The lowest BCUT2D eigenvalue weighted by Gasteiger charge is -2.06. The van der Waals surface area contributed by atoms with Crippen LogP contribution >= 0.6 is 0 Å². The third-order valence-corrected chi connectivity index (χ3v) is 2.08. The summed E-state index contributed by atoms with van der Waals surface area (Å²) in [5.74, 6) is 0.319. The van der Waals surface area contributed by atoms with Crippen molar-refractivity contribution in [3.63, 3.8) is 0 Å². The SMILES string of the molecule is Nc1ccc(COc2ccccc2F)cn1. The highest BCUT2D eigenvalue weighted by atomic mass is 19.1. The lowest BCUT2D eigenvalue weighted by atomic mass is 10.3. The first-order valence-electron chi connectivity index (χ1n) is 4.83. The van der Waals surface area contributed by atoms with Crippen molar-refractivity contribution in [3.05, 3.63) is 54.0 Å². The molecule has 0 aliphatic carbocycles. The van der Waals surface area contributed by atoms with E-state index >= 15 is 0 Å². The largest absolute Gasteiger partial charge is 0.486 e. The Bertz CT molecular complexity index is 471. The molecule has 4 heteroatoms. The Labute approximate surface area is 92.7 Å². The number of nitrogen functional groups attached to an aromatic ring is 1. The first kappa shape index (κ1) is 10.4. The van der Waals surface area contributed by atoms with Gasteiger partial charge in [0.15, 0.2) is 11.6 Å². The summed E-state index contributed by atoms with van der Waals surface area (Å²) in [7, 11) is 0. The third kappa shape index (κ3) is 2.48. The summed E-state index contributed by atoms with van der Waals surface area (Å²) in [6.07, 6.45) is 1.61. The van der Waals surface area contributed by atoms with Gasteiger partial charge in [0.25, 0.3) is 0 Å². The molecule has 0 aliphatic heterocycles.